The number of hydrogen-bond acceptors (Lipinski definition) is 4. The number of fused-ring (bicyclic) bond motifs is 1. The highest BCUT2D eigenvalue weighted by molar-refractivity contribution is 8.27. The predicted molar refractivity (Wildman–Crippen MR) is 119 cm³/mol. The summed E-state index contributed by atoms with van der Waals surface area (Å²) in [6.07, 6.45) is 1.77. The van der Waals surface area contributed by atoms with Crippen LogP contribution in [0.4, 0.5) is 0 Å². The molecule has 4 rings (SSSR count). The third-order valence-corrected chi connectivity index (χ3v) is 6.27. The minimum Gasteiger partial charge on any atom is -0.344 e. The minimum atomic E-state index is -0.387. The van der Waals surface area contributed by atoms with E-state index < -0.39 is 0 Å². The number of nitrogens with one attached hydrogen (secondary N) is 1. The van der Waals surface area contributed by atoms with Crippen LogP contribution in [0.2, 0.25) is 0 Å². The number of aromatic nitrogens is 1. The molecule has 6 nitrogen and oxygen atoms in total. The molecule has 0 unspecified atom stereocenters. The third-order valence-electron chi connectivity index (χ3n) is 5.06. The third kappa shape index (κ3) is 3.58. The second kappa shape index (κ2) is 7.48. The van der Waals surface area contributed by atoms with Gasteiger partial charge in [0.2, 0.25) is 5.17 Å². The van der Waals surface area contributed by atoms with Gasteiger partial charge in [0.1, 0.15) is 5.04 Å². The SMILES string of the molecule is Cc1cc(/C=C2\C(=N)N3N=C(C(C)C)SC3=NC2=O)c(C)n1Cc1ccccc1. The molecule has 1 amide bonds. The van der Waals surface area contributed by atoms with Crippen molar-refractivity contribution in [3.8, 4) is 0 Å². The minimum absolute atomic E-state index is 0.0796. The molecule has 2 aliphatic heterocycles. The molecule has 0 bridgehead atoms. The van der Waals surface area contributed by atoms with Gasteiger partial charge in [0, 0.05) is 23.9 Å². The summed E-state index contributed by atoms with van der Waals surface area (Å²) in [5.74, 6) is -0.0848. The Morgan fingerprint density at radius 3 is 2.62 bits per heavy atom. The second-order valence-electron chi connectivity index (χ2n) is 7.51. The first-order chi connectivity index (χ1) is 13.8. The van der Waals surface area contributed by atoms with E-state index in [-0.39, 0.29) is 23.2 Å². The molecule has 29 heavy (non-hydrogen) atoms. The maximum Gasteiger partial charge on any atom is 0.283 e. The molecule has 7 heteroatoms. The van der Waals surface area contributed by atoms with E-state index in [2.05, 4.69) is 33.7 Å². The summed E-state index contributed by atoms with van der Waals surface area (Å²) >= 11 is 1.36. The Labute approximate surface area is 174 Å². The highest BCUT2D eigenvalue weighted by Gasteiger charge is 2.36. The lowest BCUT2D eigenvalue weighted by molar-refractivity contribution is -0.114. The van der Waals surface area contributed by atoms with Gasteiger partial charge in [-0.15, -0.1) is 0 Å². The maximum atomic E-state index is 12.6. The van der Waals surface area contributed by atoms with Crippen molar-refractivity contribution < 1.29 is 4.79 Å². The van der Waals surface area contributed by atoms with Crippen molar-refractivity contribution in [1.82, 2.24) is 9.58 Å². The quantitative estimate of drug-likeness (QED) is 0.765. The summed E-state index contributed by atoms with van der Waals surface area (Å²) in [5, 5.41) is 15.8. The molecular weight excluding hydrogens is 382 g/mol. The molecule has 0 spiro atoms. The summed E-state index contributed by atoms with van der Waals surface area (Å²) in [4.78, 5) is 16.8. The van der Waals surface area contributed by atoms with Crippen molar-refractivity contribution in [2.24, 2.45) is 16.0 Å². The number of thioether (sulfide) groups is 1. The first kappa shape index (κ1) is 19.4. The molecule has 0 fully saturated rings. The van der Waals surface area contributed by atoms with Gasteiger partial charge in [-0.1, -0.05) is 44.2 Å². The molecule has 3 heterocycles. The number of hydrogen-bond donors (Lipinski definition) is 1. The van der Waals surface area contributed by atoms with E-state index in [1.165, 1.54) is 22.3 Å². The Balaban J connectivity index is 1.67. The van der Waals surface area contributed by atoms with Gasteiger partial charge >= 0.3 is 0 Å². The van der Waals surface area contributed by atoms with Crippen molar-refractivity contribution in [1.29, 1.82) is 5.41 Å². The number of hydrazone groups is 1. The Bertz CT molecular complexity index is 1090. The van der Waals surface area contributed by atoms with Gasteiger partial charge in [-0.25, -0.2) is 0 Å². The monoisotopic (exact) mass is 405 g/mol. The molecule has 148 valence electrons. The zero-order valence-electron chi connectivity index (χ0n) is 16.9. The van der Waals surface area contributed by atoms with Gasteiger partial charge in [0.05, 0.1) is 5.57 Å². The van der Waals surface area contributed by atoms with Crippen LogP contribution in [-0.2, 0) is 11.3 Å². The molecule has 1 aromatic carbocycles. The number of benzene rings is 1. The van der Waals surface area contributed by atoms with Crippen molar-refractivity contribution in [2.45, 2.75) is 34.2 Å². The first-order valence-corrected chi connectivity index (χ1v) is 10.4. The molecule has 1 N–H and O–H groups in total. The summed E-state index contributed by atoms with van der Waals surface area (Å²) in [5.41, 5.74) is 4.56. The standard InChI is InChI=1S/C22H23N5OS/c1-13(2)21-25-27-19(23)18(20(28)24-22(27)29-21)11-17-10-14(3)26(15(17)4)12-16-8-6-5-7-9-16/h5-11,13,23H,12H2,1-4H3/b18-11+,23-19?. The van der Waals surface area contributed by atoms with Gasteiger partial charge < -0.3 is 4.57 Å². The number of amides is 1. The van der Waals surface area contributed by atoms with Crippen LogP contribution in [0.15, 0.2) is 52.1 Å². The number of aliphatic imine (C=N–C) groups is 1. The molecule has 1 aromatic heterocycles. The van der Waals surface area contributed by atoms with Gasteiger partial charge in [0.25, 0.3) is 5.91 Å². The van der Waals surface area contributed by atoms with Gasteiger partial charge in [-0.05, 0) is 48.9 Å². The largest absolute Gasteiger partial charge is 0.344 e. The summed E-state index contributed by atoms with van der Waals surface area (Å²) < 4.78 is 2.22. The lowest BCUT2D eigenvalue weighted by atomic mass is 10.1. The average Bonchev–Trinajstić information content (AvgIpc) is 3.23. The van der Waals surface area contributed by atoms with Crippen LogP contribution in [0, 0.1) is 25.2 Å². The fourth-order valence-electron chi connectivity index (χ4n) is 3.38. The van der Waals surface area contributed by atoms with Crippen molar-refractivity contribution in [2.75, 3.05) is 0 Å². The molecule has 0 saturated carbocycles. The van der Waals surface area contributed by atoms with E-state index in [1.807, 2.05) is 45.0 Å². The van der Waals surface area contributed by atoms with E-state index in [1.54, 1.807) is 6.08 Å². The van der Waals surface area contributed by atoms with E-state index in [0.29, 0.717) is 5.17 Å². The zero-order chi connectivity index (χ0) is 20.7. The lowest BCUT2D eigenvalue weighted by Crippen LogP contribution is -2.35. The maximum absolute atomic E-state index is 12.6. The molecular formula is C22H23N5OS. The van der Waals surface area contributed by atoms with E-state index >= 15 is 0 Å². The van der Waals surface area contributed by atoms with E-state index in [4.69, 9.17) is 5.41 Å². The molecule has 0 atom stereocenters. The molecule has 0 aliphatic carbocycles. The number of rotatable bonds is 4. The first-order valence-electron chi connectivity index (χ1n) is 9.56. The molecule has 0 radical (unpaired) electrons. The molecule has 2 aromatic rings. The van der Waals surface area contributed by atoms with Crippen molar-refractivity contribution in [3.05, 3.63) is 64.5 Å². The Morgan fingerprint density at radius 1 is 1.21 bits per heavy atom. The smallest absolute Gasteiger partial charge is 0.283 e. The van der Waals surface area contributed by atoms with Crippen molar-refractivity contribution >= 4 is 39.8 Å². The number of carbonyl (C=O) groups is 1. The van der Waals surface area contributed by atoms with E-state index in [9.17, 15) is 4.79 Å². The second-order valence-corrected chi connectivity index (χ2v) is 8.50. The van der Waals surface area contributed by atoms with Crippen LogP contribution in [-0.4, -0.2) is 31.5 Å². The zero-order valence-corrected chi connectivity index (χ0v) is 17.7. The number of amidine groups is 2. The van der Waals surface area contributed by atoms with Crippen LogP contribution < -0.4 is 0 Å². The summed E-state index contributed by atoms with van der Waals surface area (Å²) in [7, 11) is 0. The van der Waals surface area contributed by atoms with Crippen LogP contribution in [0.3, 0.4) is 0 Å². The molecule has 0 saturated heterocycles. The normalized spacial score (nSPS) is 17.8. The highest BCUT2D eigenvalue weighted by atomic mass is 32.2. The molecule has 2 aliphatic rings. The van der Waals surface area contributed by atoms with Crippen LogP contribution >= 0.6 is 11.8 Å². The summed E-state index contributed by atoms with van der Waals surface area (Å²) in [6, 6.07) is 12.3. The fraction of sp³-hybridized carbons (Fsp3) is 0.273. The topological polar surface area (TPSA) is 73.8 Å². The summed E-state index contributed by atoms with van der Waals surface area (Å²) in [6.45, 7) is 8.93. The highest BCUT2D eigenvalue weighted by Crippen LogP contribution is 2.31. The number of carbonyl (C=O) groups excluding carboxylic acids is 1. The van der Waals surface area contributed by atoms with Gasteiger partial charge in [-0.3, -0.25) is 10.2 Å². The van der Waals surface area contributed by atoms with Crippen LogP contribution in [0.1, 0.15) is 36.4 Å². The van der Waals surface area contributed by atoms with Gasteiger partial charge in [0.15, 0.2) is 5.84 Å². The van der Waals surface area contributed by atoms with Crippen LogP contribution in [0.5, 0.6) is 0 Å². The number of nitrogens with zero attached hydrogens (tertiary/aromatic N) is 4. The Morgan fingerprint density at radius 2 is 1.93 bits per heavy atom. The Hall–Kier alpha value is -2.93. The predicted octanol–water partition coefficient (Wildman–Crippen LogP) is 4.43. The fourth-order valence-corrected chi connectivity index (χ4v) is 4.27. The Kier molecular flexibility index (Phi) is 5.00. The van der Waals surface area contributed by atoms with Crippen LogP contribution in [0.25, 0.3) is 6.08 Å². The average molecular weight is 406 g/mol. The van der Waals surface area contributed by atoms with Gasteiger partial charge in [-0.2, -0.15) is 15.1 Å². The lowest BCUT2D eigenvalue weighted by Gasteiger charge is -2.20. The van der Waals surface area contributed by atoms with Crippen molar-refractivity contribution in [3.63, 3.8) is 0 Å². The number of aryl methyl sites for hydroxylation is 1. The van der Waals surface area contributed by atoms with E-state index in [0.717, 1.165) is 28.5 Å².